The lowest BCUT2D eigenvalue weighted by Gasteiger charge is -2.30. The van der Waals surface area contributed by atoms with Gasteiger partial charge in [0.1, 0.15) is 11.0 Å². The monoisotopic (exact) mass is 548 g/mol. The number of carbonyl (C=O) groups is 2. The zero-order valence-corrected chi connectivity index (χ0v) is 21.1. The Balaban J connectivity index is 1.55. The number of benzene rings is 3. The van der Waals surface area contributed by atoms with E-state index in [0.29, 0.717) is 23.2 Å². The van der Waals surface area contributed by atoms with Crippen molar-refractivity contribution < 1.29 is 23.1 Å². The molecule has 0 aliphatic carbocycles. The Kier molecular flexibility index (Phi) is 7.14. The third kappa shape index (κ3) is 5.04. The van der Waals surface area contributed by atoms with Crippen molar-refractivity contribution in [1.29, 1.82) is 0 Å². The predicted octanol–water partition coefficient (Wildman–Crippen LogP) is 4.50. The van der Waals surface area contributed by atoms with Gasteiger partial charge in [-0.2, -0.15) is 0 Å². The van der Waals surface area contributed by atoms with Crippen LogP contribution in [0.4, 0.5) is 5.69 Å². The van der Waals surface area contributed by atoms with Gasteiger partial charge < -0.3 is 10.4 Å². The minimum atomic E-state index is -3.87. The van der Waals surface area contributed by atoms with E-state index in [1.807, 2.05) is 0 Å². The number of hydrogen-bond acceptors (Lipinski definition) is 5. The van der Waals surface area contributed by atoms with Crippen molar-refractivity contribution in [2.24, 2.45) is 0 Å². The molecule has 1 aliphatic heterocycles. The summed E-state index contributed by atoms with van der Waals surface area (Å²) in [5.74, 6) is -1.96. The number of nitrogens with one attached hydrogen (secondary N) is 1. The number of sulfonamides is 1. The number of anilines is 1. The molecule has 1 unspecified atom stereocenters. The highest BCUT2D eigenvalue weighted by atomic mass is 35.5. The van der Waals surface area contributed by atoms with Crippen LogP contribution in [0, 0.1) is 0 Å². The van der Waals surface area contributed by atoms with E-state index in [0.717, 1.165) is 4.31 Å². The molecule has 1 heterocycles. The van der Waals surface area contributed by atoms with Crippen LogP contribution in [0.5, 0.6) is 0 Å². The van der Waals surface area contributed by atoms with Crippen LogP contribution in [0.2, 0.25) is 10.0 Å². The first-order chi connectivity index (χ1) is 16.6. The molecule has 0 fully saturated rings. The summed E-state index contributed by atoms with van der Waals surface area (Å²) in [5.41, 5.74) is 1.53. The molecule has 0 aromatic heterocycles. The fourth-order valence-electron chi connectivity index (χ4n) is 3.80. The van der Waals surface area contributed by atoms with E-state index in [-0.39, 0.29) is 31.9 Å². The van der Waals surface area contributed by atoms with Crippen LogP contribution in [-0.2, 0) is 27.7 Å². The number of carbonyl (C=O) groups excluding carboxylic acids is 1. The average molecular weight is 549 g/mol. The number of rotatable bonds is 6. The van der Waals surface area contributed by atoms with Crippen molar-refractivity contribution >= 4 is 68.0 Å². The molecule has 7 nitrogen and oxygen atoms in total. The molecule has 1 atom stereocenters. The summed E-state index contributed by atoms with van der Waals surface area (Å²) in [4.78, 5) is 24.9. The number of thiocarbonyl (C=S) groups is 1. The summed E-state index contributed by atoms with van der Waals surface area (Å²) in [6, 6.07) is 16.3. The summed E-state index contributed by atoms with van der Waals surface area (Å²) in [6.45, 7) is 0. The van der Waals surface area contributed by atoms with Gasteiger partial charge in [0, 0.05) is 12.8 Å². The summed E-state index contributed by atoms with van der Waals surface area (Å²) in [7, 11) is -3.87. The van der Waals surface area contributed by atoms with E-state index in [9.17, 15) is 23.1 Å². The number of halogens is 2. The molecule has 2 N–H and O–H groups in total. The van der Waals surface area contributed by atoms with Gasteiger partial charge in [-0.25, -0.2) is 17.5 Å². The van der Waals surface area contributed by atoms with Crippen LogP contribution < -0.4 is 9.62 Å². The van der Waals surface area contributed by atoms with Crippen LogP contribution >= 0.6 is 35.4 Å². The van der Waals surface area contributed by atoms with Gasteiger partial charge in [0.15, 0.2) is 0 Å². The molecular weight excluding hydrogens is 531 g/mol. The number of fused-ring (bicyclic) bond motifs is 1. The second kappa shape index (κ2) is 9.94. The van der Waals surface area contributed by atoms with Crippen LogP contribution in [0.1, 0.15) is 21.5 Å². The van der Waals surface area contributed by atoms with Crippen molar-refractivity contribution in [3.05, 3.63) is 93.5 Å². The molecule has 4 rings (SSSR count). The van der Waals surface area contributed by atoms with Gasteiger partial charge in [-0.15, -0.1) is 0 Å². The predicted molar refractivity (Wildman–Crippen MR) is 138 cm³/mol. The van der Waals surface area contributed by atoms with Crippen molar-refractivity contribution in [2.75, 3.05) is 4.31 Å². The summed E-state index contributed by atoms with van der Waals surface area (Å²) in [5, 5.41) is 12.3. The first-order valence-corrected chi connectivity index (χ1v) is 12.9. The van der Waals surface area contributed by atoms with E-state index >= 15 is 0 Å². The highest BCUT2D eigenvalue weighted by Gasteiger charge is 2.35. The van der Waals surface area contributed by atoms with Gasteiger partial charge in [0.05, 0.1) is 26.2 Å². The number of aliphatic carboxylic acids is 1. The molecule has 0 spiro atoms. The molecule has 0 saturated heterocycles. The zero-order chi connectivity index (χ0) is 25.3. The standard InChI is InChI=1S/C24H18Cl2N2O5S2/c25-17-5-3-6-18(26)22(17)23(29)27-19(24(30)31)12-14-8-10-16(11-9-14)28-21(34)13-15-4-1-2-7-20(15)35(28,32)33/h1-11,19H,12-13H2,(H,27,29)(H,30,31). The largest absolute Gasteiger partial charge is 0.480 e. The van der Waals surface area contributed by atoms with Crippen LogP contribution in [0.15, 0.2) is 71.6 Å². The molecule has 3 aromatic rings. The van der Waals surface area contributed by atoms with Gasteiger partial charge in [0.2, 0.25) is 0 Å². The number of nitrogens with zero attached hydrogens (tertiary/aromatic N) is 1. The van der Waals surface area contributed by atoms with E-state index in [1.54, 1.807) is 54.6 Å². The Morgan fingerprint density at radius 3 is 2.26 bits per heavy atom. The first kappa shape index (κ1) is 25.1. The van der Waals surface area contributed by atoms with E-state index in [2.05, 4.69) is 5.32 Å². The Bertz CT molecular complexity index is 1420. The Labute approximate surface area is 217 Å². The molecule has 0 bridgehead atoms. The molecule has 11 heteroatoms. The Morgan fingerprint density at radius 2 is 1.63 bits per heavy atom. The number of hydrogen-bond donors (Lipinski definition) is 2. The van der Waals surface area contributed by atoms with Gasteiger partial charge in [0.25, 0.3) is 15.9 Å². The van der Waals surface area contributed by atoms with E-state index in [4.69, 9.17) is 35.4 Å². The molecule has 1 amide bonds. The fourth-order valence-corrected chi connectivity index (χ4v) is 6.57. The number of carboxylic acids is 1. The lowest BCUT2D eigenvalue weighted by atomic mass is 10.0. The molecular formula is C24H18Cl2N2O5S2. The van der Waals surface area contributed by atoms with Crippen LogP contribution in [0.25, 0.3) is 0 Å². The highest BCUT2D eigenvalue weighted by Crippen LogP contribution is 2.32. The van der Waals surface area contributed by atoms with E-state index < -0.39 is 27.9 Å². The molecule has 3 aromatic carbocycles. The SMILES string of the molecule is O=C(NC(Cc1ccc(N2C(=S)Cc3ccccc3S2(=O)=O)cc1)C(=O)O)c1c(Cl)cccc1Cl. The minimum absolute atomic E-state index is 0.0125. The van der Waals surface area contributed by atoms with Crippen LogP contribution in [-0.4, -0.2) is 36.4 Å². The maximum absolute atomic E-state index is 13.2. The Hall–Kier alpha value is -2.98. The minimum Gasteiger partial charge on any atom is -0.480 e. The normalized spacial score (nSPS) is 15.3. The molecule has 1 aliphatic rings. The second-order valence-electron chi connectivity index (χ2n) is 7.78. The molecule has 0 saturated carbocycles. The molecule has 0 radical (unpaired) electrons. The summed E-state index contributed by atoms with van der Waals surface area (Å²) < 4.78 is 27.5. The lowest BCUT2D eigenvalue weighted by Crippen LogP contribution is -2.42. The van der Waals surface area contributed by atoms with Gasteiger partial charge in [-0.3, -0.25) is 4.79 Å². The third-order valence-corrected chi connectivity index (χ3v) is 8.40. The fraction of sp³-hybridized carbons (Fsp3) is 0.125. The lowest BCUT2D eigenvalue weighted by molar-refractivity contribution is -0.139. The summed E-state index contributed by atoms with van der Waals surface area (Å²) in [6.07, 6.45) is 0.258. The summed E-state index contributed by atoms with van der Waals surface area (Å²) >= 11 is 17.5. The number of amides is 1. The molecule has 35 heavy (non-hydrogen) atoms. The van der Waals surface area contributed by atoms with Gasteiger partial charge in [-0.05, 0) is 41.5 Å². The quantitative estimate of drug-likeness (QED) is 0.439. The van der Waals surface area contributed by atoms with Crippen molar-refractivity contribution in [3.8, 4) is 0 Å². The van der Waals surface area contributed by atoms with Crippen molar-refractivity contribution in [3.63, 3.8) is 0 Å². The van der Waals surface area contributed by atoms with Crippen molar-refractivity contribution in [2.45, 2.75) is 23.8 Å². The smallest absolute Gasteiger partial charge is 0.326 e. The van der Waals surface area contributed by atoms with Crippen molar-refractivity contribution in [1.82, 2.24) is 5.32 Å². The topological polar surface area (TPSA) is 104 Å². The third-order valence-electron chi connectivity index (χ3n) is 5.46. The number of carboxylic acid groups (broad SMARTS) is 1. The second-order valence-corrected chi connectivity index (χ2v) is 10.8. The average Bonchev–Trinajstić information content (AvgIpc) is 2.79. The molecule has 180 valence electrons. The van der Waals surface area contributed by atoms with Gasteiger partial charge in [-0.1, -0.05) is 71.8 Å². The Morgan fingerprint density at radius 1 is 1.00 bits per heavy atom. The maximum atomic E-state index is 13.2. The van der Waals surface area contributed by atoms with E-state index in [1.165, 1.54) is 12.1 Å². The highest BCUT2D eigenvalue weighted by molar-refractivity contribution is 7.95. The first-order valence-electron chi connectivity index (χ1n) is 10.3. The van der Waals surface area contributed by atoms with Gasteiger partial charge >= 0.3 is 5.97 Å². The zero-order valence-electron chi connectivity index (χ0n) is 17.9. The van der Waals surface area contributed by atoms with Crippen LogP contribution in [0.3, 0.4) is 0 Å². The maximum Gasteiger partial charge on any atom is 0.326 e.